The van der Waals surface area contributed by atoms with E-state index < -0.39 is 28.1 Å². The molecule has 0 unspecified atom stereocenters. The molecule has 110 valence electrons. The smallest absolute Gasteiger partial charge is 0.361 e. The number of carbonyl (C=O) groups is 2. The summed E-state index contributed by atoms with van der Waals surface area (Å²) in [4.78, 5) is 38.0. The Kier molecular flexibility index (Phi) is 4.31. The lowest BCUT2D eigenvalue weighted by molar-refractivity contribution is -0.191. The highest BCUT2D eigenvalue weighted by atomic mass is 31.2. The number of amides is 4. The molecule has 1 aliphatic rings. The van der Waals surface area contributed by atoms with Crippen LogP contribution in [-0.4, -0.2) is 73.6 Å². The Hall–Kier alpha value is -0.693. The molecule has 1 fully saturated rings. The third-order valence-electron chi connectivity index (χ3n) is 3.61. The molecule has 19 heavy (non-hydrogen) atoms. The van der Waals surface area contributed by atoms with Crippen LogP contribution in [0.5, 0.6) is 0 Å². The first kappa shape index (κ1) is 16.4. The number of nitrogens with zero attached hydrogens (tertiary/aromatic N) is 4. The van der Waals surface area contributed by atoms with Crippen molar-refractivity contribution in [3.63, 3.8) is 0 Å². The molecule has 0 radical (unpaired) electrons. The van der Waals surface area contributed by atoms with E-state index in [1.54, 1.807) is 0 Å². The highest BCUT2D eigenvalue weighted by Gasteiger charge is 2.52. The zero-order valence-electron chi connectivity index (χ0n) is 12.7. The van der Waals surface area contributed by atoms with Crippen molar-refractivity contribution in [1.82, 2.24) is 18.8 Å². The van der Waals surface area contributed by atoms with Gasteiger partial charge in [0.05, 0.1) is 14.1 Å². The molecule has 1 aliphatic heterocycles. The Morgan fingerprint density at radius 2 is 1.47 bits per heavy atom. The second-order valence-electron chi connectivity index (χ2n) is 5.85. The van der Waals surface area contributed by atoms with Crippen LogP contribution in [0.15, 0.2) is 0 Å². The maximum atomic E-state index is 13.1. The van der Waals surface area contributed by atoms with Gasteiger partial charge < -0.3 is 4.89 Å². The van der Waals surface area contributed by atoms with Gasteiger partial charge in [0.25, 0.3) is 0 Å². The molecule has 4 amide bonds. The van der Waals surface area contributed by atoms with Gasteiger partial charge in [0.2, 0.25) is 0 Å². The van der Waals surface area contributed by atoms with Gasteiger partial charge in [-0.3, -0.25) is 4.57 Å². The van der Waals surface area contributed by atoms with Crippen LogP contribution in [0.2, 0.25) is 19.6 Å². The zero-order valence-corrected chi connectivity index (χ0v) is 14.6. The summed E-state index contributed by atoms with van der Waals surface area (Å²) in [5, 5.41) is 0. The maximum absolute atomic E-state index is 13.1. The van der Waals surface area contributed by atoms with Crippen LogP contribution in [-0.2, 0) is 0 Å². The van der Waals surface area contributed by atoms with E-state index >= 15 is 0 Å². The molecule has 0 aliphatic carbocycles. The Morgan fingerprint density at radius 3 is 1.79 bits per heavy atom. The van der Waals surface area contributed by atoms with Crippen molar-refractivity contribution in [1.29, 1.82) is 0 Å². The van der Waals surface area contributed by atoms with Crippen molar-refractivity contribution in [3.8, 4) is 0 Å². The van der Waals surface area contributed by atoms with E-state index in [2.05, 4.69) is 19.6 Å². The number of imide groups is 1. The van der Waals surface area contributed by atoms with Gasteiger partial charge in [0.1, 0.15) is 14.5 Å². The fourth-order valence-corrected chi connectivity index (χ4v) is 6.05. The molecule has 0 aromatic carbocycles. The van der Waals surface area contributed by atoms with Crippen molar-refractivity contribution in [3.05, 3.63) is 0 Å². The van der Waals surface area contributed by atoms with E-state index in [0.29, 0.717) is 0 Å². The summed E-state index contributed by atoms with van der Waals surface area (Å²) in [6.45, 7) is 6.37. The lowest BCUT2D eigenvalue weighted by Gasteiger charge is -2.50. The molecule has 0 N–H and O–H groups in total. The van der Waals surface area contributed by atoms with Crippen molar-refractivity contribution in [2.75, 3.05) is 34.5 Å². The van der Waals surface area contributed by atoms with Crippen LogP contribution in [0, 0.1) is 0 Å². The van der Waals surface area contributed by atoms with Crippen molar-refractivity contribution < 1.29 is 14.5 Å². The predicted octanol–water partition coefficient (Wildman–Crippen LogP) is 0.882. The lowest BCUT2D eigenvalue weighted by atomic mass is 10.7. The highest BCUT2D eigenvalue weighted by molar-refractivity contribution is 7.65. The normalized spacial score (nSPS) is 20.6. The van der Waals surface area contributed by atoms with Crippen LogP contribution in [0.1, 0.15) is 0 Å². The standard InChI is InChI=1S/C10H23N4O3PSi/c1-11(19(5,6)7)8-18(17)13(3)9(15)12(2)10(16)14(18)4/h8H2,1-7H3. The van der Waals surface area contributed by atoms with Crippen LogP contribution in [0.3, 0.4) is 0 Å². The SMILES string of the molecule is CN1C(=O)N(C)[P+]([O-])(CN(C)[Si](C)(C)C)N(C)C1=O. The Bertz CT molecular complexity index is 379. The molecule has 1 saturated heterocycles. The molecule has 7 nitrogen and oxygen atoms in total. The molecule has 1 heterocycles. The van der Waals surface area contributed by atoms with Gasteiger partial charge in [-0.1, -0.05) is 19.6 Å². The fourth-order valence-electron chi connectivity index (χ4n) is 1.66. The summed E-state index contributed by atoms with van der Waals surface area (Å²) in [5.74, 6) is 0. The first-order valence-electron chi connectivity index (χ1n) is 6.03. The summed E-state index contributed by atoms with van der Waals surface area (Å²) < 4.78 is 4.42. The van der Waals surface area contributed by atoms with E-state index in [4.69, 9.17) is 0 Å². The summed E-state index contributed by atoms with van der Waals surface area (Å²) in [6, 6.07) is -1.04. The third kappa shape index (κ3) is 2.76. The predicted molar refractivity (Wildman–Crippen MR) is 77.0 cm³/mol. The topological polar surface area (TPSA) is 70.2 Å². The van der Waals surface area contributed by atoms with Gasteiger partial charge in [0, 0.05) is 7.05 Å². The number of rotatable bonds is 3. The lowest BCUT2D eigenvalue weighted by Crippen LogP contribution is -2.61. The van der Waals surface area contributed by atoms with Crippen molar-refractivity contribution in [2.45, 2.75) is 19.6 Å². The average molecular weight is 306 g/mol. The molecule has 9 heteroatoms. The number of carbonyl (C=O) groups excluding carboxylic acids is 2. The van der Waals surface area contributed by atoms with E-state index in [1.165, 1.54) is 30.5 Å². The van der Waals surface area contributed by atoms with E-state index in [1.807, 2.05) is 11.6 Å². The average Bonchev–Trinajstić information content (AvgIpc) is 2.31. The van der Waals surface area contributed by atoms with Crippen molar-refractivity contribution >= 4 is 28.1 Å². The van der Waals surface area contributed by atoms with Gasteiger partial charge in [0.15, 0.2) is 7.79 Å². The molecule has 0 bridgehead atoms. The van der Waals surface area contributed by atoms with Gasteiger partial charge >= 0.3 is 12.1 Å². The minimum atomic E-state index is -3.21. The number of urea groups is 2. The van der Waals surface area contributed by atoms with Gasteiger partial charge in [-0.2, -0.15) is 9.34 Å². The molecule has 0 saturated carbocycles. The summed E-state index contributed by atoms with van der Waals surface area (Å²) in [5.41, 5.74) is 0. The Morgan fingerprint density at radius 1 is 1.11 bits per heavy atom. The fraction of sp³-hybridized carbons (Fsp3) is 0.800. The summed E-state index contributed by atoms with van der Waals surface area (Å²) >= 11 is 0. The zero-order chi connectivity index (χ0) is 15.2. The Balaban J connectivity index is 3.07. The van der Waals surface area contributed by atoms with E-state index in [-0.39, 0.29) is 6.29 Å². The van der Waals surface area contributed by atoms with Crippen LogP contribution >= 0.6 is 7.79 Å². The van der Waals surface area contributed by atoms with Crippen LogP contribution in [0.25, 0.3) is 0 Å². The largest absolute Gasteiger partial charge is 0.641 e. The molecule has 1 rings (SSSR count). The molecular formula is C10H23N4O3PSi. The second-order valence-corrected chi connectivity index (χ2v) is 13.8. The van der Waals surface area contributed by atoms with Gasteiger partial charge in [-0.25, -0.2) is 14.5 Å². The van der Waals surface area contributed by atoms with Crippen LogP contribution < -0.4 is 4.89 Å². The van der Waals surface area contributed by atoms with E-state index in [9.17, 15) is 14.5 Å². The Labute approximate surface area is 116 Å². The molecule has 0 aromatic heterocycles. The van der Waals surface area contributed by atoms with Gasteiger partial charge in [-0.15, -0.1) is 0 Å². The third-order valence-corrected chi connectivity index (χ3v) is 9.33. The minimum absolute atomic E-state index is 0.209. The monoisotopic (exact) mass is 306 g/mol. The minimum Gasteiger partial charge on any atom is -0.641 e. The molecular weight excluding hydrogens is 283 g/mol. The molecule has 0 atom stereocenters. The molecule has 0 aromatic rings. The van der Waals surface area contributed by atoms with Gasteiger partial charge in [-0.05, 0) is 7.05 Å². The highest BCUT2D eigenvalue weighted by Crippen LogP contribution is 2.58. The first-order valence-corrected chi connectivity index (χ1v) is 11.3. The first-order chi connectivity index (χ1) is 8.43. The van der Waals surface area contributed by atoms with E-state index in [0.717, 1.165) is 4.90 Å². The number of hydrogen-bond donors (Lipinski definition) is 0. The molecule has 0 spiro atoms. The number of hydrogen-bond acceptors (Lipinski definition) is 4. The second kappa shape index (κ2) is 5.01. The quantitative estimate of drug-likeness (QED) is 0.573. The van der Waals surface area contributed by atoms with Crippen molar-refractivity contribution in [2.24, 2.45) is 0 Å². The summed E-state index contributed by atoms with van der Waals surface area (Å²) in [6.07, 6.45) is 0.209. The summed E-state index contributed by atoms with van der Waals surface area (Å²) in [7, 11) is 1.40. The maximum Gasteiger partial charge on any atom is 0.361 e. The van der Waals surface area contributed by atoms with Crippen LogP contribution in [0.4, 0.5) is 9.59 Å².